The van der Waals surface area contributed by atoms with E-state index in [2.05, 4.69) is 99.6 Å². The molecule has 1 amide bonds. The summed E-state index contributed by atoms with van der Waals surface area (Å²) in [5.74, 6) is 0.132. The van der Waals surface area contributed by atoms with Gasteiger partial charge in [0.2, 0.25) is 5.91 Å². The third kappa shape index (κ3) is 5.91. The van der Waals surface area contributed by atoms with Gasteiger partial charge in [-0.25, -0.2) is 0 Å². The summed E-state index contributed by atoms with van der Waals surface area (Å²) < 4.78 is 0. The number of carbonyl (C=O) groups is 2. The highest BCUT2D eigenvalue weighted by molar-refractivity contribution is 6.01. The van der Waals surface area contributed by atoms with Crippen LogP contribution in [0.4, 0.5) is 11.4 Å². The minimum absolute atomic E-state index is 0.0203. The predicted octanol–water partition coefficient (Wildman–Crippen LogP) is 6.04. The van der Waals surface area contributed by atoms with Crippen LogP contribution in [0.5, 0.6) is 0 Å². The smallest absolute Gasteiger partial charge is 0.239 e. The lowest BCUT2D eigenvalue weighted by Crippen LogP contribution is -2.62. The Bertz CT molecular complexity index is 1290. The zero-order chi connectivity index (χ0) is 28.2. The maximum absolute atomic E-state index is 13.9. The molecule has 0 radical (unpaired) electrons. The molecule has 208 valence electrons. The number of benzene rings is 2. The lowest BCUT2D eigenvalue weighted by molar-refractivity contribution is -0.121. The minimum Gasteiger partial charge on any atom is -0.357 e. The number of anilines is 2. The van der Waals surface area contributed by atoms with E-state index in [4.69, 9.17) is 0 Å². The summed E-state index contributed by atoms with van der Waals surface area (Å²) in [5, 5.41) is 10.7. The molecule has 6 nitrogen and oxygen atoms in total. The second-order valence-electron chi connectivity index (χ2n) is 14.0. The molecule has 1 unspecified atom stereocenters. The molecule has 0 bridgehead atoms. The second kappa shape index (κ2) is 9.81. The Balaban J connectivity index is 1.56. The van der Waals surface area contributed by atoms with Crippen molar-refractivity contribution in [3.8, 4) is 0 Å². The van der Waals surface area contributed by atoms with Crippen LogP contribution in [0.2, 0.25) is 0 Å². The molecule has 0 spiro atoms. The zero-order valence-corrected chi connectivity index (χ0v) is 24.6. The normalized spacial score (nSPS) is 23.8. The van der Waals surface area contributed by atoms with Crippen molar-refractivity contribution in [1.29, 1.82) is 0 Å². The Kier molecular flexibility index (Phi) is 6.91. The first-order valence-electron chi connectivity index (χ1n) is 14.3. The monoisotopic (exact) mass is 528 g/mol. The number of carbonyl (C=O) groups excluding carboxylic acids is 2. The minimum atomic E-state index is -0.355. The van der Waals surface area contributed by atoms with Gasteiger partial charge in [-0.15, -0.1) is 0 Å². The third-order valence-corrected chi connectivity index (χ3v) is 8.27. The molecule has 1 fully saturated rings. The fourth-order valence-electron chi connectivity index (χ4n) is 7.17. The van der Waals surface area contributed by atoms with Crippen LogP contribution in [-0.2, 0) is 9.59 Å². The van der Waals surface area contributed by atoms with E-state index >= 15 is 0 Å². The topological polar surface area (TPSA) is 73.5 Å². The molecule has 5 rings (SSSR count). The largest absolute Gasteiger partial charge is 0.357 e. The summed E-state index contributed by atoms with van der Waals surface area (Å²) in [6.45, 7) is 15.3. The van der Waals surface area contributed by atoms with Gasteiger partial charge in [-0.05, 0) is 77.0 Å². The highest BCUT2D eigenvalue weighted by Gasteiger charge is 2.43. The number of rotatable bonds is 4. The first-order chi connectivity index (χ1) is 18.2. The van der Waals surface area contributed by atoms with Gasteiger partial charge in [0, 0.05) is 34.8 Å². The molecule has 3 N–H and O–H groups in total. The van der Waals surface area contributed by atoms with Crippen LogP contribution >= 0.6 is 0 Å². The van der Waals surface area contributed by atoms with Crippen molar-refractivity contribution in [3.05, 3.63) is 70.9 Å². The first-order valence-corrected chi connectivity index (χ1v) is 14.3. The van der Waals surface area contributed by atoms with Gasteiger partial charge in [0.1, 0.15) is 0 Å². The fraction of sp³-hybridized carbons (Fsp3) is 0.515. The van der Waals surface area contributed by atoms with Crippen LogP contribution in [0.1, 0.15) is 84.4 Å². The number of hydrogen-bond donors (Lipinski definition) is 3. The summed E-state index contributed by atoms with van der Waals surface area (Å²) in [6, 6.07) is 16.2. The van der Waals surface area contributed by atoms with Gasteiger partial charge in [0.15, 0.2) is 5.78 Å². The number of nitrogens with one attached hydrogen (secondary N) is 3. The van der Waals surface area contributed by atoms with Crippen molar-refractivity contribution in [1.82, 2.24) is 10.6 Å². The molecule has 1 atom stereocenters. The van der Waals surface area contributed by atoms with Crippen molar-refractivity contribution in [2.45, 2.75) is 97.3 Å². The van der Waals surface area contributed by atoms with Gasteiger partial charge < -0.3 is 20.9 Å². The standard InChI is InChI=1S/C33H44N4O2/c1-21-12-14-22(15-13-21)30-29-25(18-31(2,3)19-27(29)38)35-24-10-8-9-11-26(24)37(30)20-28(39)34-23-16-32(4,5)36-33(6,7)17-23/h8-15,23,30,35-36H,16-20H2,1-7H3,(H,34,39). The summed E-state index contributed by atoms with van der Waals surface area (Å²) in [4.78, 5) is 29.8. The zero-order valence-electron chi connectivity index (χ0n) is 24.6. The Hall–Kier alpha value is -3.12. The molecule has 2 aromatic carbocycles. The number of amides is 1. The number of hydrogen-bond acceptors (Lipinski definition) is 5. The summed E-state index contributed by atoms with van der Waals surface area (Å²) in [6.07, 6.45) is 3.00. The molecule has 6 heteroatoms. The van der Waals surface area contributed by atoms with E-state index in [0.29, 0.717) is 6.42 Å². The van der Waals surface area contributed by atoms with E-state index in [1.807, 2.05) is 18.2 Å². The summed E-state index contributed by atoms with van der Waals surface area (Å²) in [7, 11) is 0. The quantitative estimate of drug-likeness (QED) is 0.451. The summed E-state index contributed by atoms with van der Waals surface area (Å²) >= 11 is 0. The van der Waals surface area contributed by atoms with Gasteiger partial charge in [-0.1, -0.05) is 55.8 Å². The molecule has 2 heterocycles. The molecule has 0 saturated carbocycles. The van der Waals surface area contributed by atoms with Crippen molar-refractivity contribution < 1.29 is 9.59 Å². The lowest BCUT2D eigenvalue weighted by Gasteiger charge is -2.46. The Morgan fingerprint density at radius 1 is 0.949 bits per heavy atom. The number of Topliss-reactive ketones (excluding diaryl/α,β-unsaturated/α-hetero) is 1. The van der Waals surface area contributed by atoms with E-state index in [0.717, 1.165) is 53.0 Å². The number of para-hydroxylation sites is 2. The number of allylic oxidation sites excluding steroid dienone is 1. The molecule has 3 aliphatic rings. The predicted molar refractivity (Wildman–Crippen MR) is 159 cm³/mol. The van der Waals surface area contributed by atoms with Crippen molar-refractivity contribution in [2.75, 3.05) is 16.8 Å². The van der Waals surface area contributed by atoms with Crippen molar-refractivity contribution >= 4 is 23.1 Å². The SMILES string of the molecule is Cc1ccc(C2C3=C(CC(C)(C)CC3=O)Nc3ccccc3N2CC(=O)NC2CC(C)(C)NC(C)(C)C2)cc1. The summed E-state index contributed by atoms with van der Waals surface area (Å²) in [5.41, 5.74) is 5.55. The average Bonchev–Trinajstić information content (AvgIpc) is 2.91. The van der Waals surface area contributed by atoms with Crippen LogP contribution in [0.25, 0.3) is 0 Å². The highest BCUT2D eigenvalue weighted by atomic mass is 16.2. The number of piperidine rings is 1. The maximum atomic E-state index is 13.9. The van der Waals surface area contributed by atoms with Gasteiger partial charge >= 0.3 is 0 Å². The number of ketones is 1. The van der Waals surface area contributed by atoms with E-state index in [1.54, 1.807) is 0 Å². The highest BCUT2D eigenvalue weighted by Crippen LogP contribution is 2.48. The Morgan fingerprint density at radius 2 is 1.59 bits per heavy atom. The lowest BCUT2D eigenvalue weighted by atomic mass is 9.73. The van der Waals surface area contributed by atoms with E-state index < -0.39 is 0 Å². The molecule has 0 aromatic heterocycles. The van der Waals surface area contributed by atoms with Crippen LogP contribution in [0, 0.1) is 12.3 Å². The third-order valence-electron chi connectivity index (χ3n) is 8.27. The van der Waals surface area contributed by atoms with Crippen molar-refractivity contribution in [2.24, 2.45) is 5.41 Å². The molecular formula is C33H44N4O2. The van der Waals surface area contributed by atoms with E-state index in [-0.39, 0.29) is 46.8 Å². The number of fused-ring (bicyclic) bond motifs is 1. The Labute approximate surface area is 233 Å². The molecule has 2 aromatic rings. The molecule has 1 saturated heterocycles. The maximum Gasteiger partial charge on any atom is 0.239 e. The fourth-order valence-corrected chi connectivity index (χ4v) is 7.17. The van der Waals surface area contributed by atoms with Gasteiger partial charge in [-0.3, -0.25) is 9.59 Å². The van der Waals surface area contributed by atoms with Crippen LogP contribution in [0.15, 0.2) is 59.8 Å². The van der Waals surface area contributed by atoms with Crippen molar-refractivity contribution in [3.63, 3.8) is 0 Å². The van der Waals surface area contributed by atoms with Crippen LogP contribution in [-0.4, -0.2) is 35.4 Å². The Morgan fingerprint density at radius 3 is 2.26 bits per heavy atom. The van der Waals surface area contributed by atoms with Crippen LogP contribution < -0.4 is 20.9 Å². The number of aryl methyl sites for hydroxylation is 1. The molecule has 2 aliphatic heterocycles. The van der Waals surface area contributed by atoms with Crippen LogP contribution in [0.3, 0.4) is 0 Å². The molecule has 39 heavy (non-hydrogen) atoms. The molecular weight excluding hydrogens is 484 g/mol. The van der Waals surface area contributed by atoms with Gasteiger partial charge in [-0.2, -0.15) is 0 Å². The second-order valence-corrected chi connectivity index (χ2v) is 14.0. The van der Waals surface area contributed by atoms with Gasteiger partial charge in [0.25, 0.3) is 0 Å². The number of nitrogens with zero attached hydrogens (tertiary/aromatic N) is 1. The van der Waals surface area contributed by atoms with E-state index in [9.17, 15) is 9.59 Å². The molecule has 1 aliphatic carbocycles. The van der Waals surface area contributed by atoms with E-state index in [1.165, 1.54) is 0 Å². The first kappa shape index (κ1) is 27.4. The average molecular weight is 529 g/mol. The van der Waals surface area contributed by atoms with Gasteiger partial charge in [0.05, 0.1) is 24.0 Å².